The number of hydrogen-bond donors (Lipinski definition) is 0. The first kappa shape index (κ1) is 17.3. The topological polar surface area (TPSA) is 70.4 Å². The Morgan fingerprint density at radius 3 is 2.26 bits per heavy atom. The SMILES string of the molecule is CCOc1ccc(OCCS(=O)(=O)Cc2ccn(CC)n2)cc1. The Kier molecular flexibility index (Phi) is 6.04. The summed E-state index contributed by atoms with van der Waals surface area (Å²) in [5.41, 5.74) is 0.563. The van der Waals surface area contributed by atoms with Gasteiger partial charge in [-0.25, -0.2) is 8.42 Å². The molecule has 0 aliphatic carbocycles. The third-order valence-corrected chi connectivity index (χ3v) is 4.71. The van der Waals surface area contributed by atoms with Crippen molar-refractivity contribution in [2.75, 3.05) is 19.0 Å². The van der Waals surface area contributed by atoms with E-state index in [1.807, 2.05) is 13.8 Å². The standard InChI is InChI=1S/C16H22N2O4S/c1-3-18-10-9-14(17-18)13-23(19,20)12-11-22-16-7-5-15(6-8-16)21-4-2/h5-10H,3-4,11-13H2,1-2H3. The summed E-state index contributed by atoms with van der Waals surface area (Å²) >= 11 is 0. The lowest BCUT2D eigenvalue weighted by molar-refractivity contribution is 0.331. The predicted molar refractivity (Wildman–Crippen MR) is 88.5 cm³/mol. The van der Waals surface area contributed by atoms with Crippen LogP contribution in [-0.4, -0.2) is 37.2 Å². The maximum Gasteiger partial charge on any atom is 0.159 e. The van der Waals surface area contributed by atoms with Gasteiger partial charge in [-0.3, -0.25) is 4.68 Å². The highest BCUT2D eigenvalue weighted by Crippen LogP contribution is 2.17. The van der Waals surface area contributed by atoms with Crippen LogP contribution in [0.25, 0.3) is 0 Å². The highest BCUT2D eigenvalue weighted by Gasteiger charge is 2.14. The number of rotatable bonds is 9. The molecule has 0 radical (unpaired) electrons. The maximum atomic E-state index is 12.1. The maximum absolute atomic E-state index is 12.1. The fourth-order valence-electron chi connectivity index (χ4n) is 2.04. The fourth-order valence-corrected chi connectivity index (χ4v) is 3.13. The van der Waals surface area contributed by atoms with E-state index in [9.17, 15) is 8.42 Å². The summed E-state index contributed by atoms with van der Waals surface area (Å²) in [5, 5.41) is 4.19. The van der Waals surface area contributed by atoms with Crippen molar-refractivity contribution in [1.29, 1.82) is 0 Å². The van der Waals surface area contributed by atoms with Gasteiger partial charge in [0.25, 0.3) is 0 Å². The van der Waals surface area contributed by atoms with Crippen molar-refractivity contribution in [3.63, 3.8) is 0 Å². The van der Waals surface area contributed by atoms with Gasteiger partial charge in [0.1, 0.15) is 18.1 Å². The molecule has 2 aromatic rings. The normalized spacial score (nSPS) is 11.4. The number of aromatic nitrogens is 2. The molecule has 23 heavy (non-hydrogen) atoms. The highest BCUT2D eigenvalue weighted by molar-refractivity contribution is 7.90. The van der Waals surface area contributed by atoms with Gasteiger partial charge < -0.3 is 9.47 Å². The quantitative estimate of drug-likeness (QED) is 0.701. The zero-order valence-corrected chi connectivity index (χ0v) is 14.3. The molecule has 7 heteroatoms. The van der Waals surface area contributed by atoms with Gasteiger partial charge in [-0.05, 0) is 44.2 Å². The van der Waals surface area contributed by atoms with Gasteiger partial charge in [0.15, 0.2) is 9.84 Å². The molecule has 0 aliphatic heterocycles. The summed E-state index contributed by atoms with van der Waals surface area (Å²) in [7, 11) is -3.24. The Hall–Kier alpha value is -2.02. The Labute approximate surface area is 137 Å². The summed E-state index contributed by atoms with van der Waals surface area (Å²) in [6.45, 7) is 5.31. The molecule has 2 rings (SSSR count). The van der Waals surface area contributed by atoms with E-state index in [0.29, 0.717) is 18.1 Å². The van der Waals surface area contributed by atoms with Crippen molar-refractivity contribution < 1.29 is 17.9 Å². The third-order valence-electron chi connectivity index (χ3n) is 3.19. The van der Waals surface area contributed by atoms with Crippen LogP contribution in [-0.2, 0) is 22.1 Å². The molecule has 0 bridgehead atoms. The van der Waals surface area contributed by atoms with E-state index in [1.165, 1.54) is 0 Å². The van der Waals surface area contributed by atoms with Crippen LogP contribution in [0.5, 0.6) is 11.5 Å². The molecule has 1 aromatic heterocycles. The lowest BCUT2D eigenvalue weighted by Crippen LogP contribution is -2.16. The van der Waals surface area contributed by atoms with Crippen molar-refractivity contribution in [2.24, 2.45) is 0 Å². The molecular formula is C16H22N2O4S. The summed E-state index contributed by atoms with van der Waals surface area (Å²) in [6, 6.07) is 8.85. The molecule has 0 amide bonds. The van der Waals surface area contributed by atoms with Crippen molar-refractivity contribution in [2.45, 2.75) is 26.1 Å². The molecule has 0 spiro atoms. The first-order valence-corrected chi connectivity index (χ1v) is 9.43. The largest absolute Gasteiger partial charge is 0.494 e. The van der Waals surface area contributed by atoms with Gasteiger partial charge in [0.05, 0.1) is 23.8 Å². The number of nitrogens with zero attached hydrogens (tertiary/aromatic N) is 2. The van der Waals surface area contributed by atoms with Crippen LogP contribution in [0.15, 0.2) is 36.5 Å². The Bertz CT molecular complexity index is 708. The van der Waals surface area contributed by atoms with Gasteiger partial charge in [-0.15, -0.1) is 0 Å². The molecule has 0 N–H and O–H groups in total. The molecule has 0 saturated carbocycles. The first-order valence-electron chi connectivity index (χ1n) is 7.61. The van der Waals surface area contributed by atoms with E-state index >= 15 is 0 Å². The number of benzene rings is 1. The fraction of sp³-hybridized carbons (Fsp3) is 0.438. The second-order valence-electron chi connectivity index (χ2n) is 5.01. The van der Waals surface area contributed by atoms with Crippen LogP contribution in [0.4, 0.5) is 0 Å². The van der Waals surface area contributed by atoms with E-state index in [1.54, 1.807) is 41.2 Å². The molecule has 0 atom stereocenters. The molecule has 0 saturated heterocycles. The number of hydrogen-bond acceptors (Lipinski definition) is 5. The molecule has 6 nitrogen and oxygen atoms in total. The molecule has 1 heterocycles. The van der Waals surface area contributed by atoms with Crippen LogP contribution in [0, 0.1) is 0 Å². The average molecular weight is 338 g/mol. The van der Waals surface area contributed by atoms with E-state index in [-0.39, 0.29) is 18.1 Å². The Balaban J connectivity index is 1.82. The minimum absolute atomic E-state index is 0.0425. The van der Waals surface area contributed by atoms with Gasteiger partial charge in [0.2, 0.25) is 0 Å². The molecule has 126 valence electrons. The van der Waals surface area contributed by atoms with Crippen LogP contribution in [0.2, 0.25) is 0 Å². The smallest absolute Gasteiger partial charge is 0.159 e. The Morgan fingerprint density at radius 1 is 1.04 bits per heavy atom. The summed E-state index contributed by atoms with van der Waals surface area (Å²) in [5.74, 6) is 1.28. The number of aryl methyl sites for hydroxylation is 1. The van der Waals surface area contributed by atoms with Gasteiger partial charge >= 0.3 is 0 Å². The average Bonchev–Trinajstić information content (AvgIpc) is 2.96. The van der Waals surface area contributed by atoms with E-state index in [2.05, 4.69) is 5.10 Å². The van der Waals surface area contributed by atoms with Crippen molar-refractivity contribution >= 4 is 9.84 Å². The highest BCUT2D eigenvalue weighted by atomic mass is 32.2. The molecule has 0 aliphatic rings. The minimum atomic E-state index is -3.24. The summed E-state index contributed by atoms with van der Waals surface area (Å²) < 4.78 is 36.7. The van der Waals surface area contributed by atoms with Crippen LogP contribution < -0.4 is 9.47 Å². The molecule has 0 fully saturated rings. The predicted octanol–water partition coefficient (Wildman–Crippen LogP) is 2.30. The third kappa shape index (κ3) is 5.59. The lowest BCUT2D eigenvalue weighted by Gasteiger charge is -2.08. The molecule has 0 unspecified atom stereocenters. The van der Waals surface area contributed by atoms with Crippen molar-refractivity contribution in [3.05, 3.63) is 42.2 Å². The van der Waals surface area contributed by atoms with E-state index < -0.39 is 9.84 Å². The second-order valence-corrected chi connectivity index (χ2v) is 7.19. The summed E-state index contributed by atoms with van der Waals surface area (Å²) in [6.07, 6.45) is 1.78. The van der Waals surface area contributed by atoms with Crippen molar-refractivity contribution in [3.8, 4) is 11.5 Å². The van der Waals surface area contributed by atoms with Gasteiger partial charge in [-0.2, -0.15) is 5.10 Å². The zero-order valence-electron chi connectivity index (χ0n) is 13.4. The second kappa shape index (κ2) is 8.01. The van der Waals surface area contributed by atoms with E-state index in [4.69, 9.17) is 9.47 Å². The Morgan fingerprint density at radius 2 is 1.70 bits per heavy atom. The lowest BCUT2D eigenvalue weighted by atomic mass is 10.3. The van der Waals surface area contributed by atoms with Crippen molar-refractivity contribution in [1.82, 2.24) is 9.78 Å². The van der Waals surface area contributed by atoms with Crippen LogP contribution >= 0.6 is 0 Å². The first-order chi connectivity index (χ1) is 11.0. The summed E-state index contributed by atoms with van der Waals surface area (Å²) in [4.78, 5) is 0. The zero-order chi connectivity index (χ0) is 16.7. The number of ether oxygens (including phenoxy) is 2. The van der Waals surface area contributed by atoms with Crippen LogP contribution in [0.3, 0.4) is 0 Å². The number of sulfone groups is 1. The van der Waals surface area contributed by atoms with E-state index in [0.717, 1.165) is 12.3 Å². The molecule has 1 aromatic carbocycles. The van der Waals surface area contributed by atoms with Gasteiger partial charge in [0, 0.05) is 12.7 Å². The minimum Gasteiger partial charge on any atom is -0.494 e. The monoisotopic (exact) mass is 338 g/mol. The molecular weight excluding hydrogens is 316 g/mol. The van der Waals surface area contributed by atoms with Gasteiger partial charge in [-0.1, -0.05) is 0 Å². The van der Waals surface area contributed by atoms with Crippen LogP contribution in [0.1, 0.15) is 19.5 Å².